The number of terminal acetylenes is 1. The van der Waals surface area contributed by atoms with Crippen LogP contribution < -0.4 is 0 Å². The monoisotopic (exact) mass is 251 g/mol. The van der Waals surface area contributed by atoms with Crippen molar-refractivity contribution in [2.24, 2.45) is 0 Å². The molecule has 0 aliphatic heterocycles. The third-order valence-corrected chi connectivity index (χ3v) is 2.43. The van der Waals surface area contributed by atoms with Gasteiger partial charge in [0.1, 0.15) is 6.10 Å². The second-order valence-corrected chi connectivity index (χ2v) is 3.90. The van der Waals surface area contributed by atoms with Crippen LogP contribution in [0.2, 0.25) is 0 Å². The Kier molecular flexibility index (Phi) is 9.99. The maximum Gasteiger partial charge on any atom is 0.114 e. The van der Waals surface area contributed by atoms with E-state index in [1.807, 2.05) is 24.7 Å². The maximum atomic E-state index is 9.18. The Labute approximate surface area is 110 Å². The number of aryl methyl sites for hydroxylation is 2. The summed E-state index contributed by atoms with van der Waals surface area (Å²) in [5.41, 5.74) is 0.973. The average Bonchev–Trinajstić information content (AvgIpc) is 2.86. The lowest BCUT2D eigenvalue weighted by Gasteiger charge is -2.00. The summed E-state index contributed by atoms with van der Waals surface area (Å²) in [5, 5.41) is 17.3. The minimum atomic E-state index is -0.630. The summed E-state index contributed by atoms with van der Waals surface area (Å²) in [6.07, 6.45) is 11.0. The summed E-state index contributed by atoms with van der Waals surface area (Å²) in [7, 11) is 0. The van der Waals surface area contributed by atoms with Crippen LogP contribution in [-0.4, -0.2) is 26.2 Å². The molecule has 18 heavy (non-hydrogen) atoms. The zero-order valence-electron chi connectivity index (χ0n) is 11.8. The fourth-order valence-corrected chi connectivity index (χ4v) is 1.44. The predicted octanol–water partition coefficient (Wildman–Crippen LogP) is 2.42. The van der Waals surface area contributed by atoms with Crippen molar-refractivity contribution in [3.8, 4) is 12.3 Å². The summed E-state index contributed by atoms with van der Waals surface area (Å²) >= 11 is 0. The fraction of sp³-hybridized carbons (Fsp3) is 0.714. The Hall–Kier alpha value is -1.34. The quantitative estimate of drug-likeness (QED) is 0.757. The average molecular weight is 251 g/mol. The van der Waals surface area contributed by atoms with Crippen LogP contribution in [0.3, 0.4) is 0 Å². The van der Waals surface area contributed by atoms with Crippen molar-refractivity contribution in [1.29, 1.82) is 0 Å². The summed E-state index contributed by atoms with van der Waals surface area (Å²) in [6.45, 7) is 7.08. The first-order valence-electron chi connectivity index (χ1n) is 6.79. The molecule has 4 nitrogen and oxygen atoms in total. The third-order valence-electron chi connectivity index (χ3n) is 2.43. The van der Waals surface area contributed by atoms with Gasteiger partial charge in [-0.1, -0.05) is 38.3 Å². The standard InChI is InChI=1S/C12H19N3O.C2H6/c1-3-5-9-15-10-11(13-14-15)7-6-8-12(16)4-2;1-2/h2,10,12,16H,3,5-9H2,1H3;1-2H3. The van der Waals surface area contributed by atoms with Crippen LogP contribution in [0.4, 0.5) is 0 Å². The lowest BCUT2D eigenvalue weighted by Crippen LogP contribution is -2.02. The highest BCUT2D eigenvalue weighted by Crippen LogP contribution is 2.04. The van der Waals surface area contributed by atoms with E-state index in [0.29, 0.717) is 6.42 Å². The molecule has 102 valence electrons. The van der Waals surface area contributed by atoms with Gasteiger partial charge >= 0.3 is 0 Å². The molecule has 1 atom stereocenters. The number of aliphatic hydroxyl groups is 1. The molecule has 4 heteroatoms. The van der Waals surface area contributed by atoms with Crippen molar-refractivity contribution >= 4 is 0 Å². The summed E-state index contributed by atoms with van der Waals surface area (Å²) < 4.78 is 1.87. The number of nitrogens with zero attached hydrogens (tertiary/aromatic N) is 3. The molecule has 0 aliphatic rings. The highest BCUT2D eigenvalue weighted by atomic mass is 16.3. The van der Waals surface area contributed by atoms with Crippen LogP contribution >= 0.6 is 0 Å². The van der Waals surface area contributed by atoms with Crippen molar-refractivity contribution in [2.75, 3.05) is 0 Å². The van der Waals surface area contributed by atoms with E-state index in [-0.39, 0.29) is 0 Å². The molecule has 0 aromatic carbocycles. The van der Waals surface area contributed by atoms with E-state index in [9.17, 15) is 5.11 Å². The zero-order valence-corrected chi connectivity index (χ0v) is 11.8. The highest BCUT2D eigenvalue weighted by Gasteiger charge is 2.03. The number of aromatic nitrogens is 3. The van der Waals surface area contributed by atoms with Crippen LogP contribution in [0.1, 0.15) is 52.1 Å². The lowest BCUT2D eigenvalue weighted by molar-refractivity contribution is 0.219. The van der Waals surface area contributed by atoms with E-state index in [0.717, 1.165) is 37.9 Å². The van der Waals surface area contributed by atoms with E-state index >= 15 is 0 Å². The molecule has 0 fully saturated rings. The first-order valence-corrected chi connectivity index (χ1v) is 6.79. The molecular weight excluding hydrogens is 226 g/mol. The number of hydrogen-bond acceptors (Lipinski definition) is 3. The predicted molar refractivity (Wildman–Crippen MR) is 74.1 cm³/mol. The molecule has 0 radical (unpaired) electrons. The van der Waals surface area contributed by atoms with Crippen LogP contribution in [0, 0.1) is 12.3 Å². The van der Waals surface area contributed by atoms with Gasteiger partial charge in [-0.3, -0.25) is 4.68 Å². The van der Waals surface area contributed by atoms with E-state index in [1.54, 1.807) is 0 Å². The lowest BCUT2D eigenvalue weighted by atomic mass is 10.1. The second-order valence-electron chi connectivity index (χ2n) is 3.90. The van der Waals surface area contributed by atoms with Gasteiger partial charge in [-0.15, -0.1) is 11.5 Å². The summed E-state index contributed by atoms with van der Waals surface area (Å²) in [6, 6.07) is 0. The molecule has 0 amide bonds. The minimum absolute atomic E-state index is 0.623. The molecular formula is C14H25N3O. The smallest absolute Gasteiger partial charge is 0.114 e. The molecule has 0 bridgehead atoms. The van der Waals surface area contributed by atoms with Crippen molar-refractivity contribution in [3.05, 3.63) is 11.9 Å². The minimum Gasteiger partial charge on any atom is -0.380 e. The Morgan fingerprint density at radius 3 is 2.78 bits per heavy atom. The molecule has 1 heterocycles. The Morgan fingerprint density at radius 1 is 1.44 bits per heavy atom. The molecule has 1 aromatic rings. The van der Waals surface area contributed by atoms with E-state index < -0.39 is 6.10 Å². The normalized spacial score (nSPS) is 11.3. The van der Waals surface area contributed by atoms with E-state index in [2.05, 4.69) is 23.2 Å². The number of rotatable bonds is 7. The number of hydrogen-bond donors (Lipinski definition) is 1. The molecule has 1 unspecified atom stereocenters. The molecule has 0 spiro atoms. The molecule has 1 aromatic heterocycles. The molecule has 0 saturated heterocycles. The van der Waals surface area contributed by atoms with Crippen LogP contribution in [0.25, 0.3) is 0 Å². The Morgan fingerprint density at radius 2 is 2.17 bits per heavy atom. The second kappa shape index (κ2) is 10.8. The van der Waals surface area contributed by atoms with Gasteiger partial charge in [0.05, 0.1) is 5.69 Å². The van der Waals surface area contributed by atoms with E-state index in [1.165, 1.54) is 0 Å². The first-order chi connectivity index (χ1) is 8.76. The van der Waals surface area contributed by atoms with Crippen LogP contribution in [-0.2, 0) is 13.0 Å². The fourth-order valence-electron chi connectivity index (χ4n) is 1.44. The number of unbranched alkanes of at least 4 members (excludes halogenated alkanes) is 1. The van der Waals surface area contributed by atoms with Gasteiger partial charge in [-0.2, -0.15) is 0 Å². The van der Waals surface area contributed by atoms with Gasteiger partial charge in [-0.05, 0) is 25.7 Å². The van der Waals surface area contributed by atoms with Crippen LogP contribution in [0.15, 0.2) is 6.20 Å². The van der Waals surface area contributed by atoms with Crippen molar-refractivity contribution in [2.45, 2.75) is 65.5 Å². The highest BCUT2D eigenvalue weighted by molar-refractivity contribution is 4.96. The van der Waals surface area contributed by atoms with Crippen molar-refractivity contribution in [3.63, 3.8) is 0 Å². The first kappa shape index (κ1) is 16.7. The van der Waals surface area contributed by atoms with E-state index in [4.69, 9.17) is 6.42 Å². The maximum absolute atomic E-state index is 9.18. The number of aliphatic hydroxyl groups excluding tert-OH is 1. The third kappa shape index (κ3) is 7.08. The van der Waals surface area contributed by atoms with Gasteiger partial charge in [0.2, 0.25) is 0 Å². The van der Waals surface area contributed by atoms with Gasteiger partial charge < -0.3 is 5.11 Å². The largest absolute Gasteiger partial charge is 0.380 e. The van der Waals surface area contributed by atoms with Gasteiger partial charge in [-0.25, -0.2) is 0 Å². The molecule has 1 N–H and O–H groups in total. The Bertz CT molecular complexity index is 341. The molecule has 1 rings (SSSR count). The SMILES string of the molecule is C#CC(O)CCCc1cn(CCCC)nn1.CC. The van der Waals surface area contributed by atoms with Gasteiger partial charge in [0, 0.05) is 12.7 Å². The zero-order chi connectivity index (χ0) is 13.8. The van der Waals surface area contributed by atoms with Crippen molar-refractivity contribution in [1.82, 2.24) is 15.0 Å². The summed E-state index contributed by atoms with van der Waals surface area (Å²) in [5.74, 6) is 2.30. The van der Waals surface area contributed by atoms with Gasteiger partial charge in [0.25, 0.3) is 0 Å². The van der Waals surface area contributed by atoms with Crippen LogP contribution in [0.5, 0.6) is 0 Å². The van der Waals surface area contributed by atoms with Crippen molar-refractivity contribution < 1.29 is 5.11 Å². The topological polar surface area (TPSA) is 50.9 Å². The van der Waals surface area contributed by atoms with Gasteiger partial charge in [0.15, 0.2) is 0 Å². The Balaban J connectivity index is 0.00000137. The summed E-state index contributed by atoms with van der Waals surface area (Å²) in [4.78, 5) is 0. The molecule has 0 aliphatic carbocycles. The molecule has 0 saturated carbocycles.